The lowest BCUT2D eigenvalue weighted by Gasteiger charge is -2.28. The third-order valence-corrected chi connectivity index (χ3v) is 8.21. The van der Waals surface area contributed by atoms with E-state index in [0.717, 1.165) is 0 Å². The van der Waals surface area contributed by atoms with Crippen molar-refractivity contribution in [2.24, 2.45) is 45.5 Å². The van der Waals surface area contributed by atoms with Gasteiger partial charge in [-0.15, -0.1) is 0 Å². The van der Waals surface area contributed by atoms with E-state index in [4.69, 9.17) is 28.7 Å². The fourth-order valence-corrected chi connectivity index (χ4v) is 5.21. The molecule has 0 saturated carbocycles. The Labute approximate surface area is 331 Å². The summed E-state index contributed by atoms with van der Waals surface area (Å²) in [6.07, 6.45) is -0.175. The number of nitrogens with one attached hydrogen (secondary N) is 6. The van der Waals surface area contributed by atoms with E-state index >= 15 is 0 Å². The predicted octanol–water partition coefficient (Wildman–Crippen LogP) is -4.44. The van der Waals surface area contributed by atoms with Gasteiger partial charge in [-0.2, -0.15) is 0 Å². The van der Waals surface area contributed by atoms with Crippen LogP contribution < -0.4 is 60.6 Å². The number of carboxylic acids is 2. The molecule has 0 bridgehead atoms. The number of aliphatic carboxylic acids is 2. The number of rotatable bonds is 29. The van der Waals surface area contributed by atoms with E-state index in [1.54, 1.807) is 13.8 Å². The molecule has 23 nitrogen and oxygen atoms in total. The molecule has 0 radical (unpaired) electrons. The highest BCUT2D eigenvalue weighted by molar-refractivity contribution is 5.97. The lowest BCUT2D eigenvalue weighted by atomic mass is 10.00. The van der Waals surface area contributed by atoms with E-state index in [1.165, 1.54) is 0 Å². The molecule has 57 heavy (non-hydrogen) atoms. The summed E-state index contributed by atoms with van der Waals surface area (Å²) in [6.45, 7) is 6.49. The molecule has 0 rings (SSSR count). The molecule has 6 atom stereocenters. The van der Waals surface area contributed by atoms with Gasteiger partial charge in [0.15, 0.2) is 5.96 Å². The maximum atomic E-state index is 13.6. The van der Waals surface area contributed by atoms with Crippen LogP contribution in [-0.2, 0) is 43.2 Å². The zero-order chi connectivity index (χ0) is 43.8. The van der Waals surface area contributed by atoms with Crippen LogP contribution in [0.2, 0.25) is 0 Å². The first-order valence-electron chi connectivity index (χ1n) is 18.6. The van der Waals surface area contributed by atoms with E-state index in [2.05, 4.69) is 36.9 Å². The van der Waals surface area contributed by atoms with Gasteiger partial charge in [0.25, 0.3) is 0 Å². The Bertz CT molecular complexity index is 1420. The number of hydrogen-bond acceptors (Lipinski definition) is 12. The Morgan fingerprint density at radius 2 is 1.21 bits per heavy atom. The Morgan fingerprint density at radius 3 is 1.74 bits per heavy atom. The van der Waals surface area contributed by atoms with Crippen LogP contribution in [-0.4, -0.2) is 125 Å². The molecule has 0 aliphatic rings. The van der Waals surface area contributed by atoms with Crippen molar-refractivity contribution in [2.75, 3.05) is 19.6 Å². The quantitative estimate of drug-likeness (QED) is 0.0192. The third-order valence-electron chi connectivity index (χ3n) is 8.21. The van der Waals surface area contributed by atoms with E-state index in [-0.39, 0.29) is 57.1 Å². The third kappa shape index (κ3) is 22.5. The van der Waals surface area contributed by atoms with E-state index in [9.17, 15) is 53.4 Å². The number of aliphatic imine (C=N–C) groups is 1. The maximum absolute atomic E-state index is 13.6. The fourth-order valence-electron chi connectivity index (χ4n) is 5.21. The lowest BCUT2D eigenvalue weighted by Crippen LogP contribution is -2.59. The average molecular weight is 815 g/mol. The van der Waals surface area contributed by atoms with Crippen LogP contribution in [0.4, 0.5) is 0 Å². The monoisotopic (exact) mass is 814 g/mol. The largest absolute Gasteiger partial charge is 0.481 e. The van der Waals surface area contributed by atoms with Crippen molar-refractivity contribution < 1.29 is 53.4 Å². The Hall–Kier alpha value is -5.58. The second-order valence-electron chi connectivity index (χ2n) is 14.2. The van der Waals surface area contributed by atoms with E-state index in [1.807, 2.05) is 13.8 Å². The molecule has 0 heterocycles. The van der Waals surface area contributed by atoms with Crippen LogP contribution in [0.25, 0.3) is 0 Å². The van der Waals surface area contributed by atoms with Crippen molar-refractivity contribution in [1.82, 2.24) is 31.9 Å². The Balaban J connectivity index is 5.87. The molecule has 0 unspecified atom stereocenters. The van der Waals surface area contributed by atoms with Gasteiger partial charge in [0, 0.05) is 13.0 Å². The number of unbranched alkanes of at least 4 members (excludes halogenated alkanes) is 1. The predicted molar refractivity (Wildman–Crippen MR) is 206 cm³/mol. The molecule has 0 aliphatic carbocycles. The van der Waals surface area contributed by atoms with Gasteiger partial charge in [-0.3, -0.25) is 43.3 Å². The first kappa shape index (κ1) is 51.4. The van der Waals surface area contributed by atoms with Crippen LogP contribution in [0.1, 0.15) is 85.5 Å². The van der Waals surface area contributed by atoms with Crippen molar-refractivity contribution in [2.45, 2.75) is 122 Å². The first-order valence-corrected chi connectivity index (χ1v) is 18.6. The van der Waals surface area contributed by atoms with Gasteiger partial charge in [-0.25, -0.2) is 4.79 Å². The van der Waals surface area contributed by atoms with Gasteiger partial charge in [-0.1, -0.05) is 27.7 Å². The summed E-state index contributed by atoms with van der Waals surface area (Å²) in [5.74, 6) is -9.58. The molecule has 7 amide bonds. The van der Waals surface area contributed by atoms with E-state index < -0.39 is 108 Å². The Morgan fingerprint density at radius 1 is 0.649 bits per heavy atom. The average Bonchev–Trinajstić information content (AvgIpc) is 3.10. The minimum absolute atomic E-state index is 0.0456. The molecular weight excluding hydrogens is 752 g/mol. The fraction of sp³-hybridized carbons (Fsp3) is 0.706. The van der Waals surface area contributed by atoms with Gasteiger partial charge in [-0.05, 0) is 63.3 Å². The Kier molecular flexibility index (Phi) is 24.4. The van der Waals surface area contributed by atoms with Crippen LogP contribution in [0.15, 0.2) is 4.99 Å². The van der Waals surface area contributed by atoms with Crippen LogP contribution in [0.5, 0.6) is 0 Å². The number of nitrogens with two attached hydrogens (primary N) is 5. The number of carboxylic acid groups (broad SMARTS) is 2. The van der Waals surface area contributed by atoms with Gasteiger partial charge in [0.05, 0.1) is 19.0 Å². The first-order chi connectivity index (χ1) is 26.6. The second kappa shape index (κ2) is 27.1. The number of primary amides is 1. The summed E-state index contributed by atoms with van der Waals surface area (Å²) in [5.41, 5.74) is 27.3. The molecule has 0 aromatic carbocycles. The topological polar surface area (TPSA) is 409 Å². The highest BCUT2D eigenvalue weighted by Gasteiger charge is 2.33. The summed E-state index contributed by atoms with van der Waals surface area (Å²) in [7, 11) is 0. The van der Waals surface area contributed by atoms with Crippen LogP contribution in [0.3, 0.4) is 0 Å². The zero-order valence-electron chi connectivity index (χ0n) is 33.0. The summed E-state index contributed by atoms with van der Waals surface area (Å²) in [5, 5.41) is 33.1. The SMILES string of the molecule is CC(C)C[C@H](N)C(=O)N[C@@H](CCC(N)=O)C(=O)N[C@H](C(=O)N[C@@H](CCCCN)C(=O)NCC(=O)N[C@@H](CC(=O)O)C(=O)N[C@@H](CCCN=C(N)N)C(=O)O)C(C)C. The molecule has 0 spiro atoms. The molecule has 324 valence electrons. The standard InChI is InChI=1S/C34H62N12O11/c1-17(2)14-19(36)28(51)43-21(10-11-24(37)47)30(53)46-27(18(3)4)32(55)44-20(8-5-6-12-35)29(52)41-16-25(48)42-23(15-26(49)50)31(54)45-22(33(56)57)9-7-13-40-34(38)39/h17-23,27H,5-16,35-36H2,1-4H3,(H2,37,47)(H,41,52)(H,42,48)(H,43,51)(H,44,55)(H,45,54)(H,46,53)(H,49,50)(H,56,57)(H4,38,39,40)/t19-,20-,21-,22-,23-,27-/m0/s1. The van der Waals surface area contributed by atoms with Gasteiger partial charge in [0.2, 0.25) is 41.4 Å². The summed E-state index contributed by atoms with van der Waals surface area (Å²) < 4.78 is 0. The van der Waals surface area contributed by atoms with E-state index in [0.29, 0.717) is 19.3 Å². The van der Waals surface area contributed by atoms with Crippen molar-refractivity contribution in [3.63, 3.8) is 0 Å². The number of hydrogen-bond donors (Lipinski definition) is 13. The summed E-state index contributed by atoms with van der Waals surface area (Å²) in [4.78, 5) is 117. The molecule has 0 aromatic rings. The number of carbonyl (C=O) groups is 9. The molecular formula is C34H62N12O11. The van der Waals surface area contributed by atoms with Crippen molar-refractivity contribution in [1.29, 1.82) is 0 Å². The number of guanidine groups is 1. The smallest absolute Gasteiger partial charge is 0.326 e. The highest BCUT2D eigenvalue weighted by Crippen LogP contribution is 2.09. The number of carbonyl (C=O) groups excluding carboxylic acids is 7. The summed E-state index contributed by atoms with van der Waals surface area (Å²) in [6, 6.07) is -7.94. The molecule has 0 fully saturated rings. The highest BCUT2D eigenvalue weighted by atomic mass is 16.4. The molecule has 18 N–H and O–H groups in total. The minimum atomic E-state index is -1.73. The molecule has 0 aliphatic heterocycles. The summed E-state index contributed by atoms with van der Waals surface area (Å²) >= 11 is 0. The molecule has 23 heteroatoms. The van der Waals surface area contributed by atoms with Gasteiger partial charge >= 0.3 is 11.9 Å². The lowest BCUT2D eigenvalue weighted by molar-refractivity contribution is -0.143. The second-order valence-corrected chi connectivity index (χ2v) is 14.2. The number of amides is 7. The van der Waals surface area contributed by atoms with Gasteiger partial charge in [0.1, 0.15) is 30.2 Å². The maximum Gasteiger partial charge on any atom is 0.326 e. The normalized spacial score (nSPS) is 14.1. The van der Waals surface area contributed by atoms with Crippen molar-refractivity contribution >= 4 is 59.2 Å². The van der Waals surface area contributed by atoms with Crippen LogP contribution >= 0.6 is 0 Å². The van der Waals surface area contributed by atoms with Crippen LogP contribution in [0, 0.1) is 11.8 Å². The molecule has 0 saturated heterocycles. The van der Waals surface area contributed by atoms with Crippen molar-refractivity contribution in [3.8, 4) is 0 Å². The molecule has 0 aromatic heterocycles. The number of nitrogens with zero attached hydrogens (tertiary/aromatic N) is 1. The minimum Gasteiger partial charge on any atom is -0.481 e. The zero-order valence-corrected chi connectivity index (χ0v) is 33.0. The van der Waals surface area contributed by atoms with Crippen molar-refractivity contribution in [3.05, 3.63) is 0 Å². The van der Waals surface area contributed by atoms with Gasteiger partial charge < -0.3 is 70.8 Å².